The standard InChI is InChI=1S/C9H10O3S2/c10-9(7-1-3-13-5-7)8-2-4-14(11,12)6-8/h1,3,5,8H,2,4,6H2. The van der Waals surface area contributed by atoms with Crippen molar-refractivity contribution in [1.82, 2.24) is 0 Å². The average molecular weight is 230 g/mol. The first-order valence-corrected chi connectivity index (χ1v) is 7.12. The van der Waals surface area contributed by atoms with Gasteiger partial charge in [0.15, 0.2) is 15.6 Å². The van der Waals surface area contributed by atoms with E-state index in [1.807, 2.05) is 5.38 Å². The van der Waals surface area contributed by atoms with E-state index in [0.29, 0.717) is 12.0 Å². The highest BCUT2D eigenvalue weighted by Crippen LogP contribution is 2.23. The Hall–Kier alpha value is -0.680. The summed E-state index contributed by atoms with van der Waals surface area (Å²) in [7, 11) is -2.95. The van der Waals surface area contributed by atoms with Gasteiger partial charge in [-0.2, -0.15) is 11.3 Å². The number of carbonyl (C=O) groups excluding carboxylic acids is 1. The minimum atomic E-state index is -2.95. The highest BCUT2D eigenvalue weighted by atomic mass is 32.2. The van der Waals surface area contributed by atoms with Crippen LogP contribution in [0.15, 0.2) is 16.8 Å². The minimum absolute atomic E-state index is 0.0210. The van der Waals surface area contributed by atoms with E-state index in [9.17, 15) is 13.2 Å². The lowest BCUT2D eigenvalue weighted by atomic mass is 9.99. The second kappa shape index (κ2) is 3.47. The van der Waals surface area contributed by atoms with Gasteiger partial charge in [0, 0.05) is 16.9 Å². The summed E-state index contributed by atoms with van der Waals surface area (Å²) in [5.74, 6) is -0.142. The summed E-state index contributed by atoms with van der Waals surface area (Å²) >= 11 is 1.46. The Labute approximate surface area is 86.7 Å². The molecule has 0 aromatic carbocycles. The molecule has 76 valence electrons. The van der Waals surface area contributed by atoms with Gasteiger partial charge in [-0.1, -0.05) is 0 Å². The molecule has 1 aliphatic heterocycles. The number of carbonyl (C=O) groups is 1. The number of hydrogen-bond donors (Lipinski definition) is 0. The molecule has 0 radical (unpaired) electrons. The molecule has 1 aromatic heterocycles. The van der Waals surface area contributed by atoms with Gasteiger partial charge >= 0.3 is 0 Å². The molecule has 1 saturated heterocycles. The Morgan fingerprint density at radius 3 is 2.79 bits per heavy atom. The monoisotopic (exact) mass is 230 g/mol. The summed E-state index contributed by atoms with van der Waals surface area (Å²) < 4.78 is 22.3. The van der Waals surface area contributed by atoms with Crippen LogP contribution in [-0.2, 0) is 9.84 Å². The van der Waals surface area contributed by atoms with Gasteiger partial charge in [-0.3, -0.25) is 4.79 Å². The van der Waals surface area contributed by atoms with Crippen molar-refractivity contribution in [2.24, 2.45) is 5.92 Å². The van der Waals surface area contributed by atoms with Crippen molar-refractivity contribution in [2.75, 3.05) is 11.5 Å². The van der Waals surface area contributed by atoms with E-state index in [1.54, 1.807) is 11.4 Å². The van der Waals surface area contributed by atoms with E-state index in [0.717, 1.165) is 0 Å². The quantitative estimate of drug-likeness (QED) is 0.721. The number of ketones is 1. The third kappa shape index (κ3) is 1.88. The number of rotatable bonds is 2. The number of Topliss-reactive ketones (excluding diaryl/α,β-unsaturated/α-hetero) is 1. The fraction of sp³-hybridized carbons (Fsp3) is 0.444. The molecule has 0 N–H and O–H groups in total. The predicted octanol–water partition coefficient (Wildman–Crippen LogP) is 1.37. The normalized spacial score (nSPS) is 25.0. The Bertz CT molecular complexity index is 431. The molecule has 1 atom stereocenters. The maximum atomic E-state index is 11.7. The van der Waals surface area contributed by atoms with E-state index in [-0.39, 0.29) is 23.2 Å². The summed E-state index contributed by atoms with van der Waals surface area (Å²) in [4.78, 5) is 11.7. The number of sulfone groups is 1. The summed E-state index contributed by atoms with van der Waals surface area (Å²) in [6.45, 7) is 0. The average Bonchev–Trinajstić information content (AvgIpc) is 2.72. The van der Waals surface area contributed by atoms with Crippen LogP contribution in [0.1, 0.15) is 16.8 Å². The fourth-order valence-electron chi connectivity index (χ4n) is 1.64. The molecule has 5 heteroatoms. The van der Waals surface area contributed by atoms with Gasteiger partial charge in [0.2, 0.25) is 0 Å². The molecule has 1 fully saturated rings. The van der Waals surface area contributed by atoms with E-state index < -0.39 is 9.84 Å². The molecule has 1 unspecified atom stereocenters. The van der Waals surface area contributed by atoms with Gasteiger partial charge < -0.3 is 0 Å². The number of thiophene rings is 1. The van der Waals surface area contributed by atoms with Gasteiger partial charge in [-0.25, -0.2) is 8.42 Å². The maximum Gasteiger partial charge on any atom is 0.167 e. The van der Waals surface area contributed by atoms with Crippen molar-refractivity contribution in [2.45, 2.75) is 6.42 Å². The van der Waals surface area contributed by atoms with Crippen LogP contribution < -0.4 is 0 Å². The Morgan fingerprint density at radius 1 is 1.50 bits per heavy atom. The lowest BCUT2D eigenvalue weighted by Gasteiger charge is -2.03. The van der Waals surface area contributed by atoms with Crippen molar-refractivity contribution >= 4 is 27.0 Å². The van der Waals surface area contributed by atoms with Crippen LogP contribution in [0.5, 0.6) is 0 Å². The topological polar surface area (TPSA) is 51.2 Å². The molecular formula is C9H10O3S2. The first-order valence-electron chi connectivity index (χ1n) is 4.35. The Balaban J connectivity index is 2.16. The molecule has 1 aromatic rings. The predicted molar refractivity (Wildman–Crippen MR) is 55.4 cm³/mol. The largest absolute Gasteiger partial charge is 0.294 e. The first kappa shape index (κ1) is 9.86. The zero-order chi connectivity index (χ0) is 10.2. The third-order valence-electron chi connectivity index (χ3n) is 2.41. The summed E-state index contributed by atoms with van der Waals surface area (Å²) in [6, 6.07) is 1.75. The smallest absolute Gasteiger partial charge is 0.167 e. The molecule has 1 aliphatic rings. The van der Waals surface area contributed by atoms with Gasteiger partial charge in [-0.15, -0.1) is 0 Å². The number of hydrogen-bond acceptors (Lipinski definition) is 4. The van der Waals surface area contributed by atoms with Crippen LogP contribution in [0.25, 0.3) is 0 Å². The SMILES string of the molecule is O=C(c1ccsc1)C1CCS(=O)(=O)C1. The van der Waals surface area contributed by atoms with Crippen LogP contribution in [0.2, 0.25) is 0 Å². The molecule has 0 saturated carbocycles. The second-order valence-corrected chi connectivity index (χ2v) is 6.48. The molecule has 14 heavy (non-hydrogen) atoms. The molecule has 0 bridgehead atoms. The first-order chi connectivity index (χ1) is 6.58. The Morgan fingerprint density at radius 2 is 2.29 bits per heavy atom. The van der Waals surface area contributed by atoms with Crippen LogP contribution in [0.3, 0.4) is 0 Å². The molecule has 2 heterocycles. The molecule has 0 amide bonds. The van der Waals surface area contributed by atoms with E-state index in [2.05, 4.69) is 0 Å². The van der Waals surface area contributed by atoms with E-state index in [4.69, 9.17) is 0 Å². The second-order valence-electron chi connectivity index (χ2n) is 3.48. The maximum absolute atomic E-state index is 11.7. The molecule has 3 nitrogen and oxygen atoms in total. The lowest BCUT2D eigenvalue weighted by Crippen LogP contribution is -2.15. The molecule has 2 rings (SSSR count). The van der Waals surface area contributed by atoms with Crippen LogP contribution >= 0.6 is 11.3 Å². The fourth-order valence-corrected chi connectivity index (χ4v) is 4.03. The highest BCUT2D eigenvalue weighted by molar-refractivity contribution is 7.91. The van der Waals surface area contributed by atoms with Crippen molar-refractivity contribution in [3.63, 3.8) is 0 Å². The lowest BCUT2D eigenvalue weighted by molar-refractivity contribution is 0.0934. The van der Waals surface area contributed by atoms with Gasteiger partial charge in [0.25, 0.3) is 0 Å². The van der Waals surface area contributed by atoms with Crippen molar-refractivity contribution in [3.05, 3.63) is 22.4 Å². The Kier molecular flexibility index (Phi) is 2.45. The van der Waals surface area contributed by atoms with Gasteiger partial charge in [0.1, 0.15) is 0 Å². The highest BCUT2D eigenvalue weighted by Gasteiger charge is 2.33. The minimum Gasteiger partial charge on any atom is -0.294 e. The van der Waals surface area contributed by atoms with Crippen LogP contribution in [0, 0.1) is 5.92 Å². The summed E-state index contributed by atoms with van der Waals surface area (Å²) in [6.07, 6.45) is 0.483. The zero-order valence-corrected chi connectivity index (χ0v) is 9.10. The van der Waals surface area contributed by atoms with Crippen molar-refractivity contribution in [3.8, 4) is 0 Å². The van der Waals surface area contributed by atoms with Gasteiger partial charge in [-0.05, 0) is 17.9 Å². The van der Waals surface area contributed by atoms with Crippen molar-refractivity contribution < 1.29 is 13.2 Å². The van der Waals surface area contributed by atoms with E-state index >= 15 is 0 Å². The molecule has 0 aliphatic carbocycles. The third-order valence-corrected chi connectivity index (χ3v) is 4.86. The summed E-state index contributed by atoms with van der Waals surface area (Å²) in [5.41, 5.74) is 0.650. The van der Waals surface area contributed by atoms with Crippen LogP contribution in [0.4, 0.5) is 0 Å². The van der Waals surface area contributed by atoms with E-state index in [1.165, 1.54) is 11.3 Å². The molecule has 0 spiro atoms. The van der Waals surface area contributed by atoms with Crippen LogP contribution in [-0.4, -0.2) is 25.7 Å². The van der Waals surface area contributed by atoms with Crippen molar-refractivity contribution in [1.29, 1.82) is 0 Å². The molecular weight excluding hydrogens is 220 g/mol. The van der Waals surface area contributed by atoms with Gasteiger partial charge in [0.05, 0.1) is 11.5 Å². The summed E-state index contributed by atoms with van der Waals surface area (Å²) in [5, 5.41) is 3.60. The zero-order valence-electron chi connectivity index (χ0n) is 7.47.